The molecule has 144 valence electrons. The summed E-state index contributed by atoms with van der Waals surface area (Å²) in [6.07, 6.45) is 0. The molecule has 0 unspecified atom stereocenters. The van der Waals surface area contributed by atoms with Crippen LogP contribution >= 0.6 is 0 Å². The quantitative estimate of drug-likeness (QED) is 0.627. The Kier molecular flexibility index (Phi) is 4.79. The van der Waals surface area contributed by atoms with Gasteiger partial charge in [-0.2, -0.15) is 0 Å². The molecule has 2 aromatic rings. The van der Waals surface area contributed by atoms with E-state index in [0.717, 1.165) is 31.1 Å². The first-order chi connectivity index (χ1) is 13.6. The van der Waals surface area contributed by atoms with Crippen LogP contribution in [-0.2, 0) is 11.3 Å². The number of hydrogen-bond donors (Lipinski definition) is 1. The molecule has 2 amide bonds. The summed E-state index contributed by atoms with van der Waals surface area (Å²) in [5.74, 6) is -0.553. The molecule has 0 aliphatic carbocycles. The lowest BCUT2D eigenvalue weighted by molar-refractivity contribution is 0.0599. The van der Waals surface area contributed by atoms with Crippen LogP contribution in [0.5, 0.6) is 0 Å². The van der Waals surface area contributed by atoms with Crippen molar-refractivity contribution in [2.75, 3.05) is 38.2 Å². The van der Waals surface area contributed by atoms with Gasteiger partial charge in [0.05, 0.1) is 36.0 Å². The van der Waals surface area contributed by atoms with Gasteiger partial charge in [0.2, 0.25) is 0 Å². The predicted molar refractivity (Wildman–Crippen MR) is 101 cm³/mol. The number of carbonyl (C=O) groups is 3. The topological polar surface area (TPSA) is 91.8 Å². The molecule has 1 fully saturated rings. The third-order valence-corrected chi connectivity index (χ3v) is 4.93. The fourth-order valence-electron chi connectivity index (χ4n) is 3.49. The van der Waals surface area contributed by atoms with Crippen molar-refractivity contribution in [3.8, 4) is 0 Å². The average Bonchev–Trinajstić information content (AvgIpc) is 2.98. The number of methoxy groups -OCH3 is 1. The number of benzene rings is 1. The number of nitrogens with one attached hydrogen (secondary N) is 1. The lowest BCUT2D eigenvalue weighted by Gasteiger charge is -2.29. The van der Waals surface area contributed by atoms with Crippen molar-refractivity contribution >= 4 is 23.6 Å². The lowest BCUT2D eigenvalue weighted by atomic mass is 10.1. The number of nitrogens with zero attached hydrogens (tertiary/aromatic N) is 3. The van der Waals surface area contributed by atoms with Gasteiger partial charge in [-0.05, 0) is 24.3 Å². The maximum atomic E-state index is 12.6. The molecule has 3 heterocycles. The van der Waals surface area contributed by atoms with Gasteiger partial charge >= 0.3 is 5.97 Å². The van der Waals surface area contributed by atoms with Gasteiger partial charge in [-0.15, -0.1) is 0 Å². The second-order valence-corrected chi connectivity index (χ2v) is 6.68. The first-order valence-corrected chi connectivity index (χ1v) is 9.08. The summed E-state index contributed by atoms with van der Waals surface area (Å²) < 4.78 is 4.85. The summed E-state index contributed by atoms with van der Waals surface area (Å²) in [7, 11) is 1.32. The third-order valence-electron chi connectivity index (χ3n) is 4.93. The van der Waals surface area contributed by atoms with E-state index in [2.05, 4.69) is 15.2 Å². The Bertz CT molecular complexity index is 918. The number of amides is 2. The summed E-state index contributed by atoms with van der Waals surface area (Å²) in [5.41, 5.74) is 1.58. The fraction of sp³-hybridized carbons (Fsp3) is 0.300. The van der Waals surface area contributed by atoms with Crippen LogP contribution in [0.1, 0.15) is 36.8 Å². The highest BCUT2D eigenvalue weighted by Crippen LogP contribution is 2.25. The molecule has 2 aliphatic rings. The Labute approximate surface area is 162 Å². The summed E-state index contributed by atoms with van der Waals surface area (Å²) in [4.78, 5) is 45.2. The van der Waals surface area contributed by atoms with Crippen LogP contribution in [0.15, 0.2) is 36.4 Å². The summed E-state index contributed by atoms with van der Waals surface area (Å²) in [5, 5.41) is 3.27. The number of ether oxygens (including phenoxy) is 1. The Morgan fingerprint density at radius 3 is 2.36 bits per heavy atom. The summed E-state index contributed by atoms with van der Waals surface area (Å²) >= 11 is 0. The van der Waals surface area contributed by atoms with E-state index in [0.29, 0.717) is 28.2 Å². The SMILES string of the molecule is COC(=O)c1cc(CN2C(=O)c3ccccc3C2=O)nc(N2CCNCC2)c1. The smallest absolute Gasteiger partial charge is 0.338 e. The number of hydrogen-bond acceptors (Lipinski definition) is 7. The number of carbonyl (C=O) groups excluding carboxylic acids is 3. The van der Waals surface area contributed by atoms with Crippen LogP contribution in [-0.4, -0.2) is 61.0 Å². The van der Waals surface area contributed by atoms with E-state index in [1.54, 1.807) is 36.4 Å². The minimum atomic E-state index is -0.484. The highest BCUT2D eigenvalue weighted by Gasteiger charge is 2.35. The van der Waals surface area contributed by atoms with Gasteiger partial charge in [0, 0.05) is 26.2 Å². The second kappa shape index (κ2) is 7.40. The Balaban J connectivity index is 1.66. The van der Waals surface area contributed by atoms with E-state index in [9.17, 15) is 14.4 Å². The van der Waals surface area contributed by atoms with Crippen molar-refractivity contribution in [1.82, 2.24) is 15.2 Å². The van der Waals surface area contributed by atoms with Gasteiger partial charge in [-0.1, -0.05) is 12.1 Å². The van der Waals surface area contributed by atoms with Crippen LogP contribution in [0.25, 0.3) is 0 Å². The van der Waals surface area contributed by atoms with Gasteiger partial charge in [0.25, 0.3) is 11.8 Å². The minimum Gasteiger partial charge on any atom is -0.465 e. The number of pyridine rings is 1. The minimum absolute atomic E-state index is 0.00370. The maximum Gasteiger partial charge on any atom is 0.338 e. The molecule has 1 aromatic carbocycles. The van der Waals surface area contributed by atoms with Gasteiger partial charge < -0.3 is 15.0 Å². The molecule has 28 heavy (non-hydrogen) atoms. The fourth-order valence-corrected chi connectivity index (χ4v) is 3.49. The van der Waals surface area contributed by atoms with Crippen LogP contribution < -0.4 is 10.2 Å². The Morgan fingerprint density at radius 1 is 1.11 bits per heavy atom. The molecule has 1 N–H and O–H groups in total. The van der Waals surface area contributed by atoms with Crippen molar-refractivity contribution in [1.29, 1.82) is 0 Å². The van der Waals surface area contributed by atoms with Gasteiger partial charge in [-0.3, -0.25) is 14.5 Å². The maximum absolute atomic E-state index is 12.6. The first-order valence-electron chi connectivity index (χ1n) is 9.08. The molecular formula is C20H20N4O4. The molecule has 0 bridgehead atoms. The zero-order chi connectivity index (χ0) is 19.7. The average molecular weight is 380 g/mol. The highest BCUT2D eigenvalue weighted by atomic mass is 16.5. The number of fused-ring (bicyclic) bond motifs is 1. The number of piperazine rings is 1. The van der Waals surface area contributed by atoms with E-state index < -0.39 is 5.97 Å². The zero-order valence-electron chi connectivity index (χ0n) is 15.5. The molecule has 1 aromatic heterocycles. The predicted octanol–water partition coefficient (Wildman–Crippen LogP) is 1.07. The molecule has 8 heteroatoms. The van der Waals surface area contributed by atoms with Crippen molar-refractivity contribution in [3.05, 3.63) is 58.8 Å². The largest absolute Gasteiger partial charge is 0.465 e. The third kappa shape index (κ3) is 3.22. The number of imide groups is 1. The number of rotatable bonds is 4. The van der Waals surface area contributed by atoms with Crippen molar-refractivity contribution in [2.45, 2.75) is 6.54 Å². The molecule has 0 atom stereocenters. The normalized spacial score (nSPS) is 16.3. The van der Waals surface area contributed by atoms with Crippen molar-refractivity contribution < 1.29 is 19.1 Å². The van der Waals surface area contributed by atoms with Gasteiger partial charge in [0.15, 0.2) is 0 Å². The second-order valence-electron chi connectivity index (χ2n) is 6.68. The Morgan fingerprint density at radius 2 is 1.75 bits per heavy atom. The lowest BCUT2D eigenvalue weighted by Crippen LogP contribution is -2.44. The van der Waals surface area contributed by atoms with Crippen LogP contribution in [0.2, 0.25) is 0 Å². The zero-order valence-corrected chi connectivity index (χ0v) is 15.5. The number of anilines is 1. The van der Waals surface area contributed by atoms with E-state index in [1.165, 1.54) is 7.11 Å². The van der Waals surface area contributed by atoms with Crippen LogP contribution in [0.4, 0.5) is 5.82 Å². The molecule has 0 spiro atoms. The van der Waals surface area contributed by atoms with Crippen molar-refractivity contribution in [2.24, 2.45) is 0 Å². The monoisotopic (exact) mass is 380 g/mol. The van der Waals surface area contributed by atoms with E-state index in [4.69, 9.17) is 4.74 Å². The van der Waals surface area contributed by atoms with Crippen molar-refractivity contribution in [3.63, 3.8) is 0 Å². The first kappa shape index (κ1) is 18.1. The van der Waals surface area contributed by atoms with Gasteiger partial charge in [0.1, 0.15) is 5.82 Å². The highest BCUT2D eigenvalue weighted by molar-refractivity contribution is 6.21. The molecular weight excluding hydrogens is 360 g/mol. The molecule has 4 rings (SSSR count). The van der Waals surface area contributed by atoms with Crippen LogP contribution in [0.3, 0.4) is 0 Å². The number of aromatic nitrogens is 1. The molecule has 0 saturated carbocycles. The molecule has 0 radical (unpaired) electrons. The Hall–Kier alpha value is -3.26. The molecule has 2 aliphatic heterocycles. The summed E-state index contributed by atoms with van der Waals surface area (Å²) in [6, 6.07) is 9.99. The van der Waals surface area contributed by atoms with E-state index in [-0.39, 0.29) is 18.4 Å². The van der Waals surface area contributed by atoms with Gasteiger partial charge in [-0.25, -0.2) is 9.78 Å². The van der Waals surface area contributed by atoms with E-state index >= 15 is 0 Å². The standard InChI is InChI=1S/C20H20N4O4/c1-28-20(27)13-10-14(22-17(11-13)23-8-6-21-7-9-23)12-24-18(25)15-4-2-3-5-16(15)19(24)26/h2-5,10-11,21H,6-9,12H2,1H3. The summed E-state index contributed by atoms with van der Waals surface area (Å²) in [6.45, 7) is 3.14. The van der Waals surface area contributed by atoms with Crippen LogP contribution in [0, 0.1) is 0 Å². The van der Waals surface area contributed by atoms with E-state index in [1.807, 2.05) is 0 Å². The molecule has 8 nitrogen and oxygen atoms in total. The number of esters is 1. The molecule has 1 saturated heterocycles.